The molecule has 0 fully saturated rings. The summed E-state index contributed by atoms with van der Waals surface area (Å²) < 4.78 is 28.2. The Morgan fingerprint density at radius 2 is 2.10 bits per heavy atom. The lowest BCUT2D eigenvalue weighted by Crippen LogP contribution is -2.16. The minimum atomic E-state index is -3.97. The average Bonchev–Trinajstić information content (AvgIpc) is 2.72. The number of carboxylic acids is 1. The van der Waals surface area contributed by atoms with E-state index in [1.807, 2.05) is 0 Å². The van der Waals surface area contributed by atoms with E-state index in [2.05, 4.69) is 9.71 Å². The highest BCUT2D eigenvalue weighted by atomic mass is 35.5. The second kappa shape index (κ2) is 5.38. The van der Waals surface area contributed by atoms with Gasteiger partial charge in [0.2, 0.25) is 0 Å². The second-order valence-electron chi connectivity index (χ2n) is 4.34. The van der Waals surface area contributed by atoms with Crippen molar-refractivity contribution in [2.45, 2.75) is 11.9 Å². The Morgan fingerprint density at radius 3 is 2.62 bits per heavy atom. The molecule has 7 nitrogen and oxygen atoms in total. The number of hydrogen-bond acceptors (Lipinski definition) is 4. The van der Waals surface area contributed by atoms with E-state index in [0.29, 0.717) is 5.82 Å². The molecule has 0 aliphatic heterocycles. The van der Waals surface area contributed by atoms with Crippen LogP contribution in [0.1, 0.15) is 16.2 Å². The van der Waals surface area contributed by atoms with Crippen LogP contribution in [0.4, 0.5) is 5.69 Å². The van der Waals surface area contributed by atoms with Gasteiger partial charge in [0, 0.05) is 18.3 Å². The third-order valence-electron chi connectivity index (χ3n) is 2.82. The molecule has 0 amide bonds. The van der Waals surface area contributed by atoms with Crippen LogP contribution >= 0.6 is 11.6 Å². The Balaban J connectivity index is 2.44. The topological polar surface area (TPSA) is 101 Å². The molecule has 0 atom stereocenters. The zero-order valence-corrected chi connectivity index (χ0v) is 12.7. The molecule has 1 heterocycles. The first-order valence-corrected chi connectivity index (χ1v) is 7.62. The number of sulfonamides is 1. The Labute approximate surface area is 126 Å². The molecule has 2 N–H and O–H groups in total. The maximum absolute atomic E-state index is 12.2. The van der Waals surface area contributed by atoms with Gasteiger partial charge < -0.3 is 9.67 Å². The standard InChI is InChI=1S/C12H12ClN3O4S/c1-7-14-11(6-16(7)2)21(19,20)15-10-4-3-8(13)5-9(10)12(17)18/h3-6,15H,1-2H3,(H,17,18). The summed E-state index contributed by atoms with van der Waals surface area (Å²) in [5.41, 5.74) is -0.311. The zero-order chi connectivity index (χ0) is 15.8. The predicted molar refractivity (Wildman–Crippen MR) is 77.2 cm³/mol. The summed E-state index contributed by atoms with van der Waals surface area (Å²) >= 11 is 5.72. The van der Waals surface area contributed by atoms with Gasteiger partial charge >= 0.3 is 5.97 Å². The van der Waals surface area contributed by atoms with E-state index in [1.54, 1.807) is 18.5 Å². The molecule has 2 rings (SSSR count). The summed E-state index contributed by atoms with van der Waals surface area (Å²) in [5, 5.41) is 9.10. The van der Waals surface area contributed by atoms with E-state index in [-0.39, 0.29) is 21.3 Å². The number of carbonyl (C=O) groups is 1. The number of aromatic nitrogens is 2. The zero-order valence-electron chi connectivity index (χ0n) is 11.2. The molecule has 0 bridgehead atoms. The number of benzene rings is 1. The van der Waals surface area contributed by atoms with Crippen LogP contribution in [0.5, 0.6) is 0 Å². The normalized spacial score (nSPS) is 11.4. The van der Waals surface area contributed by atoms with Crippen molar-refractivity contribution in [2.75, 3.05) is 4.72 Å². The number of anilines is 1. The fourth-order valence-corrected chi connectivity index (χ4v) is 2.93. The first kappa shape index (κ1) is 15.3. The Bertz CT molecular complexity index is 794. The van der Waals surface area contributed by atoms with Gasteiger partial charge in [-0.05, 0) is 25.1 Å². The third-order valence-corrected chi connectivity index (χ3v) is 4.29. The van der Waals surface area contributed by atoms with Crippen molar-refractivity contribution in [2.24, 2.45) is 7.05 Å². The summed E-state index contributed by atoms with van der Waals surface area (Å²) in [6, 6.07) is 3.86. The number of rotatable bonds is 4. The van der Waals surface area contributed by atoms with Crippen molar-refractivity contribution in [3.8, 4) is 0 Å². The first-order valence-electron chi connectivity index (χ1n) is 5.76. The summed E-state index contributed by atoms with van der Waals surface area (Å²) in [6.45, 7) is 1.66. The van der Waals surface area contributed by atoms with Crippen LogP contribution in [0.2, 0.25) is 5.02 Å². The average molecular weight is 330 g/mol. The Hall–Kier alpha value is -2.06. The molecule has 0 radical (unpaired) electrons. The van der Waals surface area contributed by atoms with Gasteiger partial charge in [0.15, 0.2) is 5.03 Å². The van der Waals surface area contributed by atoms with Gasteiger partial charge in [0.1, 0.15) is 5.82 Å². The minimum absolute atomic E-state index is 0.0739. The molecule has 0 spiro atoms. The fraction of sp³-hybridized carbons (Fsp3) is 0.167. The predicted octanol–water partition coefficient (Wildman–Crippen LogP) is 1.88. The summed E-state index contributed by atoms with van der Waals surface area (Å²) in [4.78, 5) is 15.1. The SMILES string of the molecule is Cc1nc(S(=O)(=O)Nc2ccc(Cl)cc2C(=O)O)cn1C. The fourth-order valence-electron chi connectivity index (χ4n) is 1.64. The van der Waals surface area contributed by atoms with Crippen LogP contribution in [0.15, 0.2) is 29.4 Å². The molecule has 2 aromatic rings. The number of imidazole rings is 1. The molecule has 0 aliphatic carbocycles. The first-order chi connectivity index (χ1) is 9.70. The van der Waals surface area contributed by atoms with E-state index in [4.69, 9.17) is 16.7 Å². The van der Waals surface area contributed by atoms with E-state index in [0.717, 1.165) is 0 Å². The molecule has 9 heteroatoms. The van der Waals surface area contributed by atoms with Crippen molar-refractivity contribution in [3.05, 3.63) is 40.8 Å². The number of aromatic carboxylic acids is 1. The molecule has 0 saturated carbocycles. The van der Waals surface area contributed by atoms with Gasteiger partial charge in [0.05, 0.1) is 11.3 Å². The molecule has 0 saturated heterocycles. The Kier molecular flexibility index (Phi) is 3.93. The van der Waals surface area contributed by atoms with E-state index >= 15 is 0 Å². The molecular formula is C12H12ClN3O4S. The lowest BCUT2D eigenvalue weighted by Gasteiger charge is -2.09. The molecule has 0 unspecified atom stereocenters. The quantitative estimate of drug-likeness (QED) is 0.891. The van der Waals surface area contributed by atoms with E-state index < -0.39 is 16.0 Å². The van der Waals surface area contributed by atoms with Crippen molar-refractivity contribution in [1.82, 2.24) is 9.55 Å². The van der Waals surface area contributed by atoms with Crippen molar-refractivity contribution in [1.29, 1.82) is 0 Å². The van der Waals surface area contributed by atoms with Crippen LogP contribution in [0, 0.1) is 6.92 Å². The van der Waals surface area contributed by atoms with E-state index in [9.17, 15) is 13.2 Å². The van der Waals surface area contributed by atoms with Gasteiger partial charge in [-0.15, -0.1) is 0 Å². The third kappa shape index (κ3) is 3.17. The van der Waals surface area contributed by atoms with Crippen LogP contribution in [-0.4, -0.2) is 29.0 Å². The van der Waals surface area contributed by atoms with Gasteiger partial charge in [-0.1, -0.05) is 11.6 Å². The minimum Gasteiger partial charge on any atom is -0.478 e. The second-order valence-corrected chi connectivity index (χ2v) is 6.40. The number of halogens is 1. The van der Waals surface area contributed by atoms with Gasteiger partial charge in [-0.2, -0.15) is 8.42 Å². The van der Waals surface area contributed by atoms with Crippen molar-refractivity contribution >= 4 is 33.3 Å². The molecule has 1 aromatic heterocycles. The highest BCUT2D eigenvalue weighted by Gasteiger charge is 2.21. The monoisotopic (exact) mass is 329 g/mol. The highest BCUT2D eigenvalue weighted by Crippen LogP contribution is 2.23. The smallest absolute Gasteiger partial charge is 0.337 e. The van der Waals surface area contributed by atoms with Crippen molar-refractivity contribution < 1.29 is 18.3 Å². The lowest BCUT2D eigenvalue weighted by atomic mass is 10.2. The summed E-state index contributed by atoms with van der Waals surface area (Å²) in [6.07, 6.45) is 1.34. The van der Waals surface area contributed by atoms with Crippen LogP contribution in [-0.2, 0) is 17.1 Å². The van der Waals surface area contributed by atoms with E-state index in [1.165, 1.54) is 24.4 Å². The summed E-state index contributed by atoms with van der Waals surface area (Å²) in [5.74, 6) is -0.766. The number of carboxylic acid groups (broad SMARTS) is 1. The lowest BCUT2D eigenvalue weighted by molar-refractivity contribution is 0.0698. The van der Waals surface area contributed by atoms with Gasteiger partial charge in [-0.25, -0.2) is 9.78 Å². The molecular weight excluding hydrogens is 318 g/mol. The molecule has 21 heavy (non-hydrogen) atoms. The summed E-state index contributed by atoms with van der Waals surface area (Å²) in [7, 11) is -2.31. The van der Waals surface area contributed by atoms with Crippen LogP contribution in [0.3, 0.4) is 0 Å². The number of nitrogens with one attached hydrogen (secondary N) is 1. The van der Waals surface area contributed by atoms with Crippen LogP contribution < -0.4 is 4.72 Å². The molecule has 1 aromatic carbocycles. The van der Waals surface area contributed by atoms with Gasteiger partial charge in [0.25, 0.3) is 10.0 Å². The number of hydrogen-bond donors (Lipinski definition) is 2. The number of nitrogens with zero attached hydrogens (tertiary/aromatic N) is 2. The number of aryl methyl sites for hydroxylation is 2. The molecule has 112 valence electrons. The maximum atomic E-state index is 12.2. The largest absolute Gasteiger partial charge is 0.478 e. The molecule has 0 aliphatic rings. The highest BCUT2D eigenvalue weighted by molar-refractivity contribution is 7.92. The van der Waals surface area contributed by atoms with Crippen molar-refractivity contribution in [3.63, 3.8) is 0 Å². The maximum Gasteiger partial charge on any atom is 0.337 e. The van der Waals surface area contributed by atoms with Gasteiger partial charge in [-0.3, -0.25) is 4.72 Å². The Morgan fingerprint density at radius 1 is 1.43 bits per heavy atom. The van der Waals surface area contributed by atoms with Crippen LogP contribution in [0.25, 0.3) is 0 Å².